The molecule has 0 aromatic carbocycles. The zero-order valence-corrected chi connectivity index (χ0v) is 8.96. The van der Waals surface area contributed by atoms with Crippen LogP contribution in [-0.2, 0) is 4.74 Å². The summed E-state index contributed by atoms with van der Waals surface area (Å²) in [6.45, 7) is 2.98. The predicted octanol–water partition coefficient (Wildman–Crippen LogP) is 2.36. The lowest BCUT2D eigenvalue weighted by atomic mass is 9.86. The zero-order valence-electron chi connectivity index (χ0n) is 8.20. The fourth-order valence-electron chi connectivity index (χ4n) is 2.13. The first-order valence-electron chi connectivity index (χ1n) is 5.03. The van der Waals surface area contributed by atoms with Crippen LogP contribution < -0.4 is 0 Å². The summed E-state index contributed by atoms with van der Waals surface area (Å²) in [7, 11) is 0. The Bertz CT molecular complexity index is 277. The highest BCUT2D eigenvalue weighted by Crippen LogP contribution is 2.36. The first-order chi connectivity index (χ1) is 6.72. The number of ether oxygens (including phenoxy) is 1. The molecule has 0 saturated carbocycles. The zero-order chi connectivity index (χ0) is 10.1. The molecule has 0 aromatic heterocycles. The van der Waals surface area contributed by atoms with Crippen molar-refractivity contribution in [3.8, 4) is 0 Å². The number of carbonyl (C=O) groups is 1. The number of carbonyl (C=O) groups excluding carboxylic acids is 1. The Morgan fingerprint density at radius 2 is 2.50 bits per heavy atom. The van der Waals surface area contributed by atoms with Gasteiger partial charge in [-0.2, -0.15) is 0 Å². The Kier molecular flexibility index (Phi) is 2.68. The Labute approximate surface area is 88.7 Å². The summed E-state index contributed by atoms with van der Waals surface area (Å²) >= 11 is 6.04. The van der Waals surface area contributed by atoms with Crippen molar-refractivity contribution in [3.05, 3.63) is 11.1 Å². The third-order valence-corrected chi connectivity index (χ3v) is 3.31. The monoisotopic (exact) mass is 215 g/mol. The lowest BCUT2D eigenvalue weighted by molar-refractivity contribution is 0.0731. The molecule has 1 saturated heterocycles. The Morgan fingerprint density at radius 1 is 1.71 bits per heavy atom. The number of hydrogen-bond donors (Lipinski definition) is 0. The minimum atomic E-state index is -0.206. The summed E-state index contributed by atoms with van der Waals surface area (Å²) in [5, 5.41) is 0.918. The smallest absolute Gasteiger partial charge is 0.410 e. The largest absolute Gasteiger partial charge is 0.450 e. The van der Waals surface area contributed by atoms with Crippen molar-refractivity contribution in [1.29, 1.82) is 0 Å². The molecule has 3 rings (SSSR count). The van der Waals surface area contributed by atoms with Gasteiger partial charge < -0.3 is 9.64 Å². The van der Waals surface area contributed by atoms with Gasteiger partial charge in [0.25, 0.3) is 0 Å². The summed E-state index contributed by atoms with van der Waals surface area (Å²) in [4.78, 5) is 13.3. The first kappa shape index (κ1) is 9.84. The van der Waals surface area contributed by atoms with E-state index in [2.05, 4.69) is 0 Å². The fraction of sp³-hybridized carbons (Fsp3) is 0.700. The highest BCUT2D eigenvalue weighted by Gasteiger charge is 2.37. The van der Waals surface area contributed by atoms with Crippen molar-refractivity contribution < 1.29 is 9.53 Å². The van der Waals surface area contributed by atoms with Crippen LogP contribution in [-0.4, -0.2) is 30.2 Å². The molecule has 1 amide bonds. The van der Waals surface area contributed by atoms with Crippen molar-refractivity contribution >= 4 is 17.7 Å². The van der Waals surface area contributed by atoms with E-state index in [1.54, 1.807) is 4.90 Å². The highest BCUT2D eigenvalue weighted by molar-refractivity contribution is 6.30. The summed E-state index contributed by atoms with van der Waals surface area (Å²) < 4.78 is 4.98. The van der Waals surface area contributed by atoms with Gasteiger partial charge in [0, 0.05) is 17.5 Å². The Hall–Kier alpha value is -0.700. The van der Waals surface area contributed by atoms with Gasteiger partial charge in [0.1, 0.15) is 0 Å². The van der Waals surface area contributed by atoms with Gasteiger partial charge in [-0.25, -0.2) is 4.79 Å². The quantitative estimate of drug-likeness (QED) is 0.672. The molecule has 0 unspecified atom stereocenters. The summed E-state index contributed by atoms with van der Waals surface area (Å²) in [5.41, 5.74) is 0. The van der Waals surface area contributed by atoms with Crippen LogP contribution in [0.1, 0.15) is 19.8 Å². The average Bonchev–Trinajstić information content (AvgIpc) is 2.18. The molecular weight excluding hydrogens is 202 g/mol. The SMILES string of the molecule is CCOC(=O)N1C[C@H]2CC[C@H]1C=C2Cl. The van der Waals surface area contributed by atoms with E-state index in [0.717, 1.165) is 24.4 Å². The van der Waals surface area contributed by atoms with Gasteiger partial charge in [-0.05, 0) is 25.8 Å². The molecule has 1 aliphatic carbocycles. The molecular formula is C10H14ClNO2. The Morgan fingerprint density at radius 3 is 3.00 bits per heavy atom. The molecule has 0 aromatic rings. The van der Waals surface area contributed by atoms with Gasteiger partial charge in [-0.1, -0.05) is 11.6 Å². The van der Waals surface area contributed by atoms with Gasteiger partial charge in [-0.3, -0.25) is 0 Å². The van der Waals surface area contributed by atoms with Crippen LogP contribution in [0, 0.1) is 5.92 Å². The number of amides is 1. The second-order valence-corrected chi connectivity index (χ2v) is 4.18. The number of piperidine rings is 1. The van der Waals surface area contributed by atoms with Crippen LogP contribution in [0.2, 0.25) is 0 Å². The molecule has 2 bridgehead atoms. The third kappa shape index (κ3) is 1.61. The van der Waals surface area contributed by atoms with E-state index in [1.165, 1.54) is 0 Å². The standard InChI is InChI=1S/C10H14ClNO2/c1-2-14-10(13)12-6-7-3-4-8(12)5-9(7)11/h5,7-8H,2-4,6H2,1H3/t7-,8+/m1/s1. The predicted molar refractivity (Wildman–Crippen MR) is 54.2 cm³/mol. The maximum atomic E-state index is 11.5. The van der Waals surface area contributed by atoms with Crippen molar-refractivity contribution in [3.63, 3.8) is 0 Å². The van der Waals surface area contributed by atoms with E-state index < -0.39 is 0 Å². The van der Waals surface area contributed by atoms with Crippen molar-refractivity contribution in [2.24, 2.45) is 5.92 Å². The van der Waals surface area contributed by atoms with Crippen LogP contribution in [0.25, 0.3) is 0 Å². The maximum Gasteiger partial charge on any atom is 0.410 e. The van der Waals surface area contributed by atoms with Crippen molar-refractivity contribution in [2.45, 2.75) is 25.8 Å². The molecule has 3 aliphatic rings. The maximum absolute atomic E-state index is 11.5. The highest BCUT2D eigenvalue weighted by atomic mass is 35.5. The van der Waals surface area contributed by atoms with Gasteiger partial charge >= 0.3 is 6.09 Å². The molecule has 1 fully saturated rings. The normalized spacial score (nSPS) is 30.1. The second-order valence-electron chi connectivity index (χ2n) is 3.74. The molecule has 78 valence electrons. The lowest BCUT2D eigenvalue weighted by Crippen LogP contribution is -2.49. The molecule has 0 radical (unpaired) electrons. The average molecular weight is 216 g/mol. The number of hydrogen-bond acceptors (Lipinski definition) is 2. The van der Waals surface area contributed by atoms with E-state index >= 15 is 0 Å². The van der Waals surface area contributed by atoms with E-state index in [0.29, 0.717) is 12.5 Å². The number of rotatable bonds is 1. The lowest BCUT2D eigenvalue weighted by Gasteiger charge is -2.41. The molecule has 14 heavy (non-hydrogen) atoms. The van der Waals surface area contributed by atoms with Crippen LogP contribution in [0.4, 0.5) is 4.79 Å². The number of fused-ring (bicyclic) bond motifs is 2. The number of halogens is 1. The Balaban J connectivity index is 2.08. The van der Waals surface area contributed by atoms with Crippen LogP contribution in [0.3, 0.4) is 0 Å². The molecule has 0 N–H and O–H groups in total. The van der Waals surface area contributed by atoms with E-state index in [4.69, 9.17) is 16.3 Å². The summed E-state index contributed by atoms with van der Waals surface area (Å²) in [6.07, 6.45) is 3.88. The molecule has 0 spiro atoms. The summed E-state index contributed by atoms with van der Waals surface area (Å²) in [6, 6.07) is 0.159. The fourth-order valence-corrected chi connectivity index (χ4v) is 2.45. The second kappa shape index (κ2) is 3.81. The van der Waals surface area contributed by atoms with Crippen LogP contribution in [0.15, 0.2) is 11.1 Å². The van der Waals surface area contributed by atoms with Gasteiger partial charge in [0.2, 0.25) is 0 Å². The van der Waals surface area contributed by atoms with E-state index in [9.17, 15) is 4.79 Å². The third-order valence-electron chi connectivity index (χ3n) is 2.87. The molecule has 4 heteroatoms. The van der Waals surface area contributed by atoms with Crippen molar-refractivity contribution in [1.82, 2.24) is 4.90 Å². The summed E-state index contributed by atoms with van der Waals surface area (Å²) in [5.74, 6) is 0.339. The van der Waals surface area contributed by atoms with Crippen LogP contribution >= 0.6 is 11.6 Å². The molecule has 2 heterocycles. The van der Waals surface area contributed by atoms with E-state index in [1.807, 2.05) is 13.0 Å². The van der Waals surface area contributed by atoms with Gasteiger partial charge in [0.15, 0.2) is 0 Å². The molecule has 2 aliphatic heterocycles. The van der Waals surface area contributed by atoms with Gasteiger partial charge in [-0.15, -0.1) is 0 Å². The van der Waals surface area contributed by atoms with Crippen LogP contribution in [0.5, 0.6) is 0 Å². The number of nitrogens with zero attached hydrogens (tertiary/aromatic N) is 1. The van der Waals surface area contributed by atoms with Crippen molar-refractivity contribution in [2.75, 3.05) is 13.2 Å². The molecule has 2 atom stereocenters. The minimum Gasteiger partial charge on any atom is -0.450 e. The minimum absolute atomic E-state index is 0.159. The topological polar surface area (TPSA) is 29.5 Å². The first-order valence-corrected chi connectivity index (χ1v) is 5.40. The molecule has 3 nitrogen and oxygen atoms in total. The van der Waals surface area contributed by atoms with Gasteiger partial charge in [0.05, 0.1) is 12.6 Å². The van der Waals surface area contributed by atoms with E-state index in [-0.39, 0.29) is 12.1 Å².